The molecule has 7 heteroatoms. The van der Waals surface area contributed by atoms with Gasteiger partial charge in [0.05, 0.1) is 26.2 Å². The molecule has 0 rings (SSSR count). The zero-order chi connectivity index (χ0) is 12.4. The zero-order valence-corrected chi connectivity index (χ0v) is 11.7. The summed E-state index contributed by atoms with van der Waals surface area (Å²) in [6.45, 7) is 4.85. The number of hydrogen-bond acceptors (Lipinski definition) is 5. The topological polar surface area (TPSA) is 56.8 Å². The van der Waals surface area contributed by atoms with Gasteiger partial charge in [-0.3, -0.25) is 4.79 Å². The first kappa shape index (κ1) is 16.0. The Kier molecular flexibility index (Phi) is 9.07. The summed E-state index contributed by atoms with van der Waals surface area (Å²) in [5.41, 5.74) is 0. The van der Waals surface area contributed by atoms with Crippen LogP contribution in [0.3, 0.4) is 0 Å². The van der Waals surface area contributed by atoms with Gasteiger partial charge in [0.15, 0.2) is 0 Å². The number of hydrogen-bond donors (Lipinski definition) is 1. The van der Waals surface area contributed by atoms with E-state index < -0.39 is 6.64 Å². The van der Waals surface area contributed by atoms with Crippen LogP contribution in [0.5, 0.6) is 0 Å². The standard InChI is InChI=1S/C9H20NO4PS/c1-4-12-9(11)7-8-10-15(16,13-5-2)14-6-3/h4-8H2,1-3H3,(H,10,16). The van der Waals surface area contributed by atoms with Gasteiger partial charge in [0.1, 0.15) is 0 Å². The molecule has 5 nitrogen and oxygen atoms in total. The molecule has 0 aliphatic heterocycles. The Morgan fingerprint density at radius 1 is 1.19 bits per heavy atom. The second kappa shape index (κ2) is 9.07. The van der Waals surface area contributed by atoms with Crippen LogP contribution in [-0.4, -0.2) is 32.3 Å². The third-order valence-corrected chi connectivity index (χ3v) is 4.36. The second-order valence-electron chi connectivity index (χ2n) is 2.80. The molecule has 0 heterocycles. The first-order valence-electron chi connectivity index (χ1n) is 5.37. The molecule has 0 saturated carbocycles. The van der Waals surface area contributed by atoms with Crippen molar-refractivity contribution in [2.45, 2.75) is 27.2 Å². The molecule has 0 aromatic carbocycles. The molecule has 0 aliphatic rings. The fourth-order valence-corrected chi connectivity index (χ4v) is 3.23. The lowest BCUT2D eigenvalue weighted by molar-refractivity contribution is -0.142. The summed E-state index contributed by atoms with van der Waals surface area (Å²) >= 11 is 5.22. The highest BCUT2D eigenvalue weighted by Crippen LogP contribution is 2.43. The predicted molar refractivity (Wildman–Crippen MR) is 66.8 cm³/mol. The lowest BCUT2D eigenvalue weighted by Crippen LogP contribution is -2.19. The van der Waals surface area contributed by atoms with Gasteiger partial charge in [-0.25, -0.2) is 5.09 Å². The van der Waals surface area contributed by atoms with Gasteiger partial charge >= 0.3 is 5.97 Å². The van der Waals surface area contributed by atoms with Gasteiger partial charge in [-0.15, -0.1) is 0 Å². The maximum atomic E-state index is 11.1. The normalized spacial score (nSPS) is 11.4. The number of nitrogens with one attached hydrogen (secondary N) is 1. The highest BCUT2D eigenvalue weighted by Gasteiger charge is 2.17. The minimum absolute atomic E-state index is 0.246. The Bertz CT molecular complexity index is 240. The Labute approximate surface area is 102 Å². The largest absolute Gasteiger partial charge is 0.466 e. The Morgan fingerprint density at radius 2 is 1.75 bits per heavy atom. The number of esters is 1. The minimum Gasteiger partial charge on any atom is -0.466 e. The van der Waals surface area contributed by atoms with E-state index in [9.17, 15) is 4.79 Å². The molecule has 0 atom stereocenters. The molecule has 0 aromatic rings. The van der Waals surface area contributed by atoms with Gasteiger partial charge in [0.25, 0.3) is 6.64 Å². The van der Waals surface area contributed by atoms with Gasteiger partial charge in [-0.2, -0.15) is 0 Å². The molecule has 96 valence electrons. The summed E-state index contributed by atoms with van der Waals surface area (Å²) in [4.78, 5) is 11.1. The molecule has 16 heavy (non-hydrogen) atoms. The van der Waals surface area contributed by atoms with Gasteiger partial charge in [0.2, 0.25) is 0 Å². The lowest BCUT2D eigenvalue weighted by Gasteiger charge is -2.21. The predicted octanol–water partition coefficient (Wildman–Crippen LogP) is 1.83. The average molecular weight is 269 g/mol. The summed E-state index contributed by atoms with van der Waals surface area (Å²) in [7, 11) is 0. The Balaban J connectivity index is 3.93. The van der Waals surface area contributed by atoms with Crippen molar-refractivity contribution in [3.8, 4) is 0 Å². The summed E-state index contributed by atoms with van der Waals surface area (Å²) in [6, 6.07) is 0. The summed E-state index contributed by atoms with van der Waals surface area (Å²) in [6.07, 6.45) is 0.270. The van der Waals surface area contributed by atoms with Gasteiger partial charge < -0.3 is 13.8 Å². The molecule has 0 bridgehead atoms. The van der Waals surface area contributed by atoms with E-state index in [0.717, 1.165) is 0 Å². The van der Waals surface area contributed by atoms with Crippen molar-refractivity contribution in [3.63, 3.8) is 0 Å². The third kappa shape index (κ3) is 7.30. The molecule has 0 unspecified atom stereocenters. The van der Waals surface area contributed by atoms with Crippen LogP contribution in [-0.2, 0) is 30.4 Å². The van der Waals surface area contributed by atoms with Crippen molar-refractivity contribution in [3.05, 3.63) is 0 Å². The first-order valence-corrected chi connectivity index (χ1v) is 8.01. The van der Waals surface area contributed by atoms with Crippen LogP contribution in [0.4, 0.5) is 0 Å². The lowest BCUT2D eigenvalue weighted by atomic mass is 10.4. The van der Waals surface area contributed by atoms with Gasteiger partial charge in [-0.1, -0.05) is 0 Å². The molecule has 0 spiro atoms. The molecular weight excluding hydrogens is 249 g/mol. The first-order chi connectivity index (χ1) is 7.58. The average Bonchev–Trinajstić information content (AvgIpc) is 2.18. The van der Waals surface area contributed by atoms with Crippen LogP contribution in [0.25, 0.3) is 0 Å². The van der Waals surface area contributed by atoms with E-state index >= 15 is 0 Å². The zero-order valence-electron chi connectivity index (χ0n) is 10.0. The van der Waals surface area contributed by atoms with Gasteiger partial charge in [0, 0.05) is 6.54 Å². The smallest absolute Gasteiger partial charge is 0.307 e. The highest BCUT2D eigenvalue weighted by molar-refractivity contribution is 8.08. The third-order valence-electron chi connectivity index (χ3n) is 1.54. The van der Waals surface area contributed by atoms with Crippen LogP contribution in [0.1, 0.15) is 27.2 Å². The van der Waals surface area contributed by atoms with E-state index in [1.807, 2.05) is 13.8 Å². The van der Waals surface area contributed by atoms with Crippen molar-refractivity contribution >= 4 is 24.4 Å². The van der Waals surface area contributed by atoms with Crippen molar-refractivity contribution < 1.29 is 18.6 Å². The quantitative estimate of drug-likeness (QED) is 0.509. The SMILES string of the molecule is CCOC(=O)CCNP(=S)(OCC)OCC. The van der Waals surface area contributed by atoms with Gasteiger partial charge in [-0.05, 0) is 32.6 Å². The van der Waals surface area contributed by atoms with Crippen LogP contribution >= 0.6 is 6.64 Å². The summed E-state index contributed by atoms with van der Waals surface area (Å²) in [5.74, 6) is -0.246. The van der Waals surface area contributed by atoms with Crippen LogP contribution in [0.2, 0.25) is 0 Å². The van der Waals surface area contributed by atoms with Crippen molar-refractivity contribution in [1.82, 2.24) is 5.09 Å². The molecule has 0 aromatic heterocycles. The fourth-order valence-electron chi connectivity index (χ4n) is 0.997. The molecule has 1 N–H and O–H groups in total. The fraction of sp³-hybridized carbons (Fsp3) is 0.889. The summed E-state index contributed by atoms with van der Waals surface area (Å²) in [5, 5.41) is 2.97. The van der Waals surface area contributed by atoms with Crippen molar-refractivity contribution in [1.29, 1.82) is 0 Å². The number of ether oxygens (including phenoxy) is 1. The second-order valence-corrected chi connectivity index (χ2v) is 6.07. The van der Waals surface area contributed by atoms with E-state index in [0.29, 0.717) is 26.4 Å². The highest BCUT2D eigenvalue weighted by atomic mass is 32.5. The number of carbonyl (C=O) groups excluding carboxylic acids is 1. The van der Waals surface area contributed by atoms with E-state index in [1.54, 1.807) is 6.92 Å². The molecule has 0 fully saturated rings. The van der Waals surface area contributed by atoms with Crippen LogP contribution < -0.4 is 5.09 Å². The van der Waals surface area contributed by atoms with Crippen LogP contribution in [0.15, 0.2) is 0 Å². The van der Waals surface area contributed by atoms with E-state index in [-0.39, 0.29) is 12.4 Å². The maximum Gasteiger partial charge on any atom is 0.307 e. The molecular formula is C9H20NO4PS. The Morgan fingerprint density at radius 3 is 2.19 bits per heavy atom. The molecule has 0 saturated heterocycles. The minimum atomic E-state index is -2.42. The van der Waals surface area contributed by atoms with E-state index in [2.05, 4.69) is 5.09 Å². The van der Waals surface area contributed by atoms with Crippen molar-refractivity contribution in [2.75, 3.05) is 26.4 Å². The van der Waals surface area contributed by atoms with Crippen molar-refractivity contribution in [2.24, 2.45) is 0 Å². The van der Waals surface area contributed by atoms with Crippen LogP contribution in [0, 0.1) is 0 Å². The van der Waals surface area contributed by atoms with E-state index in [4.69, 9.17) is 25.6 Å². The number of carbonyl (C=O) groups is 1. The molecule has 0 amide bonds. The Hall–Kier alpha value is -0.0000000000000000694. The van der Waals surface area contributed by atoms with E-state index in [1.165, 1.54) is 0 Å². The monoisotopic (exact) mass is 269 g/mol. The maximum absolute atomic E-state index is 11.1. The molecule has 0 radical (unpaired) electrons. The number of rotatable bonds is 9. The summed E-state index contributed by atoms with van der Waals surface area (Å²) < 4.78 is 15.5. The molecule has 0 aliphatic carbocycles.